The van der Waals surface area contributed by atoms with E-state index in [1.807, 2.05) is 6.92 Å². The Morgan fingerprint density at radius 3 is 2.62 bits per heavy atom. The fraction of sp³-hybridized carbons (Fsp3) is 0.562. The molecule has 1 aliphatic rings. The molecule has 0 heterocycles. The molecule has 21 heavy (non-hydrogen) atoms. The molecule has 3 N–H and O–H groups in total. The SMILES string of the molecule is CC(NCC1(O)CCC(C(=O)O)CC1)c1ccccc1F. The van der Waals surface area contributed by atoms with Gasteiger partial charge in [0, 0.05) is 18.2 Å². The van der Waals surface area contributed by atoms with Crippen LogP contribution in [0.5, 0.6) is 0 Å². The molecule has 116 valence electrons. The van der Waals surface area contributed by atoms with E-state index < -0.39 is 11.6 Å². The molecule has 4 nitrogen and oxygen atoms in total. The van der Waals surface area contributed by atoms with E-state index in [1.165, 1.54) is 6.07 Å². The molecule has 0 radical (unpaired) electrons. The highest BCUT2D eigenvalue weighted by Crippen LogP contribution is 2.32. The van der Waals surface area contributed by atoms with E-state index in [2.05, 4.69) is 5.32 Å². The highest BCUT2D eigenvalue weighted by Gasteiger charge is 2.35. The molecule has 1 unspecified atom stereocenters. The number of halogens is 1. The van der Waals surface area contributed by atoms with Gasteiger partial charge in [-0.1, -0.05) is 18.2 Å². The molecular weight excluding hydrogens is 273 g/mol. The molecule has 0 spiro atoms. The van der Waals surface area contributed by atoms with Crippen molar-refractivity contribution in [3.8, 4) is 0 Å². The maximum atomic E-state index is 13.7. The number of hydrogen-bond acceptors (Lipinski definition) is 3. The molecule has 0 amide bonds. The van der Waals surface area contributed by atoms with Crippen molar-refractivity contribution in [1.29, 1.82) is 0 Å². The Kier molecular flexibility index (Phi) is 4.96. The van der Waals surface area contributed by atoms with Crippen molar-refractivity contribution >= 4 is 5.97 Å². The van der Waals surface area contributed by atoms with Crippen LogP contribution in [-0.4, -0.2) is 28.3 Å². The van der Waals surface area contributed by atoms with E-state index in [-0.39, 0.29) is 17.8 Å². The quantitative estimate of drug-likeness (QED) is 0.780. The third-order valence-electron chi connectivity index (χ3n) is 4.37. The van der Waals surface area contributed by atoms with E-state index in [4.69, 9.17) is 5.11 Å². The van der Waals surface area contributed by atoms with Crippen LogP contribution in [0.2, 0.25) is 0 Å². The average molecular weight is 295 g/mol. The van der Waals surface area contributed by atoms with Crippen LogP contribution in [0.3, 0.4) is 0 Å². The summed E-state index contributed by atoms with van der Waals surface area (Å²) in [5.74, 6) is -1.40. The summed E-state index contributed by atoms with van der Waals surface area (Å²) in [4.78, 5) is 10.9. The Labute approximate surface area is 124 Å². The first kappa shape index (κ1) is 15.9. The van der Waals surface area contributed by atoms with Gasteiger partial charge in [-0.05, 0) is 38.7 Å². The molecule has 2 rings (SSSR count). The Bertz CT molecular complexity index is 498. The monoisotopic (exact) mass is 295 g/mol. The van der Waals surface area contributed by atoms with Gasteiger partial charge in [-0.3, -0.25) is 4.79 Å². The van der Waals surface area contributed by atoms with Crippen LogP contribution in [0, 0.1) is 11.7 Å². The van der Waals surface area contributed by atoms with Crippen molar-refractivity contribution in [2.24, 2.45) is 5.92 Å². The molecule has 1 aromatic carbocycles. The van der Waals surface area contributed by atoms with Crippen LogP contribution in [0.25, 0.3) is 0 Å². The topological polar surface area (TPSA) is 69.6 Å². The number of benzene rings is 1. The fourth-order valence-electron chi connectivity index (χ4n) is 2.86. The van der Waals surface area contributed by atoms with Gasteiger partial charge in [-0.2, -0.15) is 0 Å². The average Bonchev–Trinajstić information content (AvgIpc) is 2.46. The Balaban J connectivity index is 1.88. The largest absolute Gasteiger partial charge is 0.481 e. The van der Waals surface area contributed by atoms with Crippen LogP contribution in [0.1, 0.15) is 44.2 Å². The molecule has 1 fully saturated rings. The fourth-order valence-corrected chi connectivity index (χ4v) is 2.86. The van der Waals surface area contributed by atoms with Crippen LogP contribution in [-0.2, 0) is 4.79 Å². The van der Waals surface area contributed by atoms with Gasteiger partial charge in [0.2, 0.25) is 0 Å². The number of hydrogen-bond donors (Lipinski definition) is 3. The highest BCUT2D eigenvalue weighted by atomic mass is 19.1. The zero-order valence-electron chi connectivity index (χ0n) is 12.2. The van der Waals surface area contributed by atoms with Crippen molar-refractivity contribution in [2.75, 3.05) is 6.54 Å². The molecule has 1 aromatic rings. The standard InChI is InChI=1S/C16H22FNO3/c1-11(13-4-2-3-5-14(13)17)18-10-16(21)8-6-12(7-9-16)15(19)20/h2-5,11-12,18,21H,6-10H2,1H3,(H,19,20). The van der Waals surface area contributed by atoms with Gasteiger partial charge in [0.25, 0.3) is 0 Å². The number of carbonyl (C=O) groups is 1. The summed E-state index contributed by atoms with van der Waals surface area (Å²) >= 11 is 0. The van der Waals surface area contributed by atoms with E-state index >= 15 is 0 Å². The minimum absolute atomic E-state index is 0.201. The smallest absolute Gasteiger partial charge is 0.306 e. The summed E-state index contributed by atoms with van der Waals surface area (Å²) < 4.78 is 13.7. The van der Waals surface area contributed by atoms with E-state index in [0.717, 1.165) is 0 Å². The number of carboxylic acid groups (broad SMARTS) is 1. The minimum atomic E-state index is -0.897. The lowest BCUT2D eigenvalue weighted by molar-refractivity contribution is -0.144. The molecule has 0 aliphatic heterocycles. The highest BCUT2D eigenvalue weighted by molar-refractivity contribution is 5.70. The van der Waals surface area contributed by atoms with Gasteiger partial charge in [-0.25, -0.2) is 4.39 Å². The summed E-state index contributed by atoms with van der Waals surface area (Å²) in [6, 6.07) is 6.36. The van der Waals surface area contributed by atoms with Gasteiger partial charge in [-0.15, -0.1) is 0 Å². The second kappa shape index (κ2) is 6.54. The van der Waals surface area contributed by atoms with E-state index in [9.17, 15) is 14.3 Å². The van der Waals surface area contributed by atoms with Crippen molar-refractivity contribution in [1.82, 2.24) is 5.32 Å². The van der Waals surface area contributed by atoms with Gasteiger partial charge in [0.05, 0.1) is 11.5 Å². The predicted octanol–water partition coefficient (Wildman–Crippen LogP) is 2.48. The summed E-state index contributed by atoms with van der Waals surface area (Å²) in [5.41, 5.74) is -0.328. The van der Waals surface area contributed by atoms with Crippen LogP contribution < -0.4 is 5.32 Å². The normalized spacial score (nSPS) is 27.3. The molecule has 0 bridgehead atoms. The zero-order chi connectivity index (χ0) is 15.5. The first-order chi connectivity index (χ1) is 9.91. The molecule has 5 heteroatoms. The maximum Gasteiger partial charge on any atom is 0.306 e. The number of carboxylic acids is 1. The van der Waals surface area contributed by atoms with Crippen molar-refractivity contribution in [3.05, 3.63) is 35.6 Å². The van der Waals surface area contributed by atoms with Gasteiger partial charge >= 0.3 is 5.97 Å². The second-order valence-electron chi connectivity index (χ2n) is 5.96. The molecule has 1 saturated carbocycles. The van der Waals surface area contributed by atoms with Gasteiger partial charge in [0.15, 0.2) is 0 Å². The third-order valence-corrected chi connectivity index (χ3v) is 4.37. The lowest BCUT2D eigenvalue weighted by atomic mass is 9.78. The van der Waals surface area contributed by atoms with Crippen LogP contribution in [0.15, 0.2) is 24.3 Å². The van der Waals surface area contributed by atoms with E-state index in [1.54, 1.807) is 18.2 Å². The molecule has 1 aliphatic carbocycles. The summed E-state index contributed by atoms with van der Waals surface area (Å²) in [5, 5.41) is 22.6. The Hall–Kier alpha value is -1.46. The second-order valence-corrected chi connectivity index (χ2v) is 5.96. The van der Waals surface area contributed by atoms with Crippen molar-refractivity contribution in [3.63, 3.8) is 0 Å². The Morgan fingerprint density at radius 2 is 2.05 bits per heavy atom. The minimum Gasteiger partial charge on any atom is -0.481 e. The Morgan fingerprint density at radius 1 is 1.43 bits per heavy atom. The van der Waals surface area contributed by atoms with Gasteiger partial charge in [0.1, 0.15) is 5.82 Å². The number of aliphatic hydroxyl groups is 1. The first-order valence-corrected chi connectivity index (χ1v) is 7.34. The molecule has 0 aromatic heterocycles. The predicted molar refractivity (Wildman–Crippen MR) is 77.4 cm³/mol. The molecule has 1 atom stereocenters. The summed E-state index contributed by atoms with van der Waals surface area (Å²) in [7, 11) is 0. The first-order valence-electron chi connectivity index (χ1n) is 7.34. The number of rotatable bonds is 5. The third kappa shape index (κ3) is 4.02. The lowest BCUT2D eigenvalue weighted by Gasteiger charge is -2.35. The molecule has 0 saturated heterocycles. The molecular formula is C16H22FNO3. The number of aliphatic carboxylic acids is 1. The summed E-state index contributed by atoms with van der Waals surface area (Å²) in [6.45, 7) is 2.19. The number of nitrogens with one attached hydrogen (secondary N) is 1. The maximum absolute atomic E-state index is 13.7. The zero-order valence-corrected chi connectivity index (χ0v) is 12.2. The lowest BCUT2D eigenvalue weighted by Crippen LogP contribution is -2.45. The van der Waals surface area contributed by atoms with Crippen LogP contribution >= 0.6 is 0 Å². The van der Waals surface area contributed by atoms with Crippen molar-refractivity contribution in [2.45, 2.75) is 44.2 Å². The van der Waals surface area contributed by atoms with E-state index in [0.29, 0.717) is 37.8 Å². The summed E-state index contributed by atoms with van der Waals surface area (Å²) in [6.07, 6.45) is 1.89. The van der Waals surface area contributed by atoms with Crippen LogP contribution in [0.4, 0.5) is 4.39 Å². The van der Waals surface area contributed by atoms with Gasteiger partial charge < -0.3 is 15.5 Å². The van der Waals surface area contributed by atoms with Crippen molar-refractivity contribution < 1.29 is 19.4 Å².